The van der Waals surface area contributed by atoms with Crippen molar-refractivity contribution in [1.29, 1.82) is 0 Å². The van der Waals surface area contributed by atoms with E-state index < -0.39 is 24.1 Å². The van der Waals surface area contributed by atoms with Crippen LogP contribution >= 0.6 is 0 Å². The lowest BCUT2D eigenvalue weighted by Crippen LogP contribution is -2.25. The smallest absolute Gasteiger partial charge is 0.308 e. The molecule has 0 heterocycles. The van der Waals surface area contributed by atoms with Crippen molar-refractivity contribution in [3.05, 3.63) is 0 Å². The van der Waals surface area contributed by atoms with Gasteiger partial charge in [0.25, 0.3) is 0 Å². The SMILES string of the molecule is O=C(O)CC(CCO)OC(=O)CC(O)CCO. The Morgan fingerprint density at radius 1 is 1.06 bits per heavy atom. The molecule has 0 radical (unpaired) electrons. The number of ether oxygens (including phenoxy) is 1. The van der Waals surface area contributed by atoms with E-state index in [1.54, 1.807) is 0 Å². The van der Waals surface area contributed by atoms with Crippen LogP contribution in [-0.4, -0.2) is 57.8 Å². The summed E-state index contributed by atoms with van der Waals surface area (Å²) in [6.45, 7) is -0.534. The maximum atomic E-state index is 11.3. The quantitative estimate of drug-likeness (QED) is 0.382. The van der Waals surface area contributed by atoms with Crippen molar-refractivity contribution in [3.63, 3.8) is 0 Å². The van der Waals surface area contributed by atoms with Crippen molar-refractivity contribution >= 4 is 11.9 Å². The highest BCUT2D eigenvalue weighted by atomic mass is 16.5. The average Bonchev–Trinajstić information content (AvgIpc) is 2.16. The van der Waals surface area contributed by atoms with Crippen LogP contribution in [0.15, 0.2) is 0 Å². The van der Waals surface area contributed by atoms with E-state index in [9.17, 15) is 14.7 Å². The molecule has 0 amide bonds. The topological polar surface area (TPSA) is 124 Å². The second-order valence-electron chi connectivity index (χ2n) is 3.59. The van der Waals surface area contributed by atoms with Gasteiger partial charge in [-0.2, -0.15) is 0 Å². The Morgan fingerprint density at radius 3 is 2.12 bits per heavy atom. The van der Waals surface area contributed by atoms with Crippen LogP contribution in [0.5, 0.6) is 0 Å². The van der Waals surface area contributed by atoms with Crippen LogP contribution in [0.4, 0.5) is 0 Å². The summed E-state index contributed by atoms with van der Waals surface area (Å²) < 4.78 is 4.80. The van der Waals surface area contributed by atoms with Crippen LogP contribution in [0.25, 0.3) is 0 Å². The van der Waals surface area contributed by atoms with Gasteiger partial charge >= 0.3 is 11.9 Å². The highest BCUT2D eigenvalue weighted by molar-refractivity contribution is 5.71. The number of carbonyl (C=O) groups excluding carboxylic acids is 1. The molecule has 0 aromatic carbocycles. The third-order valence-electron chi connectivity index (χ3n) is 2.02. The van der Waals surface area contributed by atoms with E-state index in [1.165, 1.54) is 0 Å². The monoisotopic (exact) mass is 250 g/mol. The Hall–Kier alpha value is -1.18. The molecule has 0 bridgehead atoms. The lowest BCUT2D eigenvalue weighted by atomic mass is 10.1. The molecule has 0 aliphatic heterocycles. The third kappa shape index (κ3) is 8.61. The molecule has 2 unspecified atom stereocenters. The zero-order chi connectivity index (χ0) is 13.3. The van der Waals surface area contributed by atoms with Gasteiger partial charge in [-0.15, -0.1) is 0 Å². The van der Waals surface area contributed by atoms with Gasteiger partial charge in [-0.1, -0.05) is 0 Å². The first-order chi connectivity index (χ1) is 7.99. The maximum absolute atomic E-state index is 11.3. The van der Waals surface area contributed by atoms with Gasteiger partial charge in [-0.05, 0) is 6.42 Å². The zero-order valence-electron chi connectivity index (χ0n) is 9.41. The summed E-state index contributed by atoms with van der Waals surface area (Å²) >= 11 is 0. The fourth-order valence-electron chi connectivity index (χ4n) is 1.22. The third-order valence-corrected chi connectivity index (χ3v) is 2.02. The van der Waals surface area contributed by atoms with Crippen LogP contribution in [0.2, 0.25) is 0 Å². The van der Waals surface area contributed by atoms with Gasteiger partial charge in [0.2, 0.25) is 0 Å². The number of carbonyl (C=O) groups is 2. The number of rotatable bonds is 9. The molecule has 4 N–H and O–H groups in total. The molecule has 0 saturated carbocycles. The van der Waals surface area contributed by atoms with Crippen molar-refractivity contribution in [2.75, 3.05) is 13.2 Å². The van der Waals surface area contributed by atoms with Gasteiger partial charge in [-0.25, -0.2) is 0 Å². The first kappa shape index (κ1) is 15.8. The zero-order valence-corrected chi connectivity index (χ0v) is 9.41. The molecule has 2 atom stereocenters. The van der Waals surface area contributed by atoms with Crippen LogP contribution in [-0.2, 0) is 14.3 Å². The van der Waals surface area contributed by atoms with E-state index in [1.807, 2.05) is 0 Å². The fraction of sp³-hybridized carbons (Fsp3) is 0.800. The summed E-state index contributed by atoms with van der Waals surface area (Å²) in [5.74, 6) is -1.88. The number of aliphatic hydroxyl groups excluding tert-OH is 3. The van der Waals surface area contributed by atoms with Gasteiger partial charge in [0.1, 0.15) is 6.10 Å². The molecular formula is C10H18O7. The van der Waals surface area contributed by atoms with E-state index in [0.717, 1.165) is 0 Å². The second kappa shape index (κ2) is 8.91. The van der Waals surface area contributed by atoms with Crippen molar-refractivity contribution < 1.29 is 34.8 Å². The predicted octanol–water partition coefficient (Wildman–Crippen LogP) is -1.11. The summed E-state index contributed by atoms with van der Waals surface area (Å²) in [5, 5.41) is 34.9. The summed E-state index contributed by atoms with van der Waals surface area (Å²) in [7, 11) is 0. The lowest BCUT2D eigenvalue weighted by molar-refractivity contribution is -0.155. The van der Waals surface area contributed by atoms with Crippen molar-refractivity contribution in [3.8, 4) is 0 Å². The van der Waals surface area contributed by atoms with Crippen LogP contribution in [0.1, 0.15) is 25.7 Å². The molecule has 7 nitrogen and oxygen atoms in total. The highest BCUT2D eigenvalue weighted by Gasteiger charge is 2.19. The Labute approximate surface area is 98.6 Å². The van der Waals surface area contributed by atoms with Gasteiger partial charge in [0.15, 0.2) is 0 Å². The molecule has 0 rings (SSSR count). The van der Waals surface area contributed by atoms with Crippen molar-refractivity contribution in [1.82, 2.24) is 0 Å². The number of hydrogen-bond donors (Lipinski definition) is 4. The molecular weight excluding hydrogens is 232 g/mol. The van der Waals surface area contributed by atoms with Crippen LogP contribution < -0.4 is 0 Å². The normalized spacial score (nSPS) is 14.1. The molecule has 0 aromatic heterocycles. The fourth-order valence-corrected chi connectivity index (χ4v) is 1.22. The Morgan fingerprint density at radius 2 is 1.65 bits per heavy atom. The highest BCUT2D eigenvalue weighted by Crippen LogP contribution is 2.07. The van der Waals surface area contributed by atoms with E-state index in [0.29, 0.717) is 0 Å². The van der Waals surface area contributed by atoms with Crippen LogP contribution in [0, 0.1) is 0 Å². The molecule has 0 aliphatic carbocycles. The summed E-state index contributed by atoms with van der Waals surface area (Å²) in [6, 6.07) is 0. The molecule has 17 heavy (non-hydrogen) atoms. The van der Waals surface area contributed by atoms with E-state index in [2.05, 4.69) is 0 Å². The molecule has 0 saturated heterocycles. The van der Waals surface area contributed by atoms with E-state index >= 15 is 0 Å². The molecule has 0 spiro atoms. The van der Waals surface area contributed by atoms with Gasteiger partial charge < -0.3 is 25.2 Å². The largest absolute Gasteiger partial charge is 0.481 e. The van der Waals surface area contributed by atoms with Gasteiger partial charge in [0.05, 0.1) is 18.9 Å². The molecule has 0 aliphatic rings. The lowest BCUT2D eigenvalue weighted by Gasteiger charge is -2.16. The minimum atomic E-state index is -1.13. The number of aliphatic hydroxyl groups is 3. The Balaban J connectivity index is 4.06. The first-order valence-corrected chi connectivity index (χ1v) is 5.30. The standard InChI is InChI=1S/C10H18O7/c11-3-1-7(13)5-10(16)17-8(2-4-12)6-9(14)15/h7-8,11-13H,1-6H2,(H,14,15). The molecule has 0 aromatic rings. The Bertz CT molecular complexity index is 241. The first-order valence-electron chi connectivity index (χ1n) is 5.30. The second-order valence-corrected chi connectivity index (χ2v) is 3.59. The minimum absolute atomic E-state index is 0.0358. The summed E-state index contributed by atoms with van der Waals surface area (Å²) in [4.78, 5) is 21.7. The van der Waals surface area contributed by atoms with Gasteiger partial charge in [0, 0.05) is 19.6 Å². The van der Waals surface area contributed by atoms with Gasteiger partial charge in [-0.3, -0.25) is 9.59 Å². The summed E-state index contributed by atoms with van der Waals surface area (Å²) in [5.41, 5.74) is 0. The number of hydrogen-bond acceptors (Lipinski definition) is 6. The van der Waals surface area contributed by atoms with E-state index in [-0.39, 0.29) is 38.9 Å². The molecule has 0 fully saturated rings. The van der Waals surface area contributed by atoms with E-state index in [4.69, 9.17) is 20.1 Å². The average molecular weight is 250 g/mol. The number of carboxylic acids is 1. The summed E-state index contributed by atoms with van der Waals surface area (Å²) in [6.07, 6.45) is -2.50. The molecule has 7 heteroatoms. The number of esters is 1. The van der Waals surface area contributed by atoms with Crippen molar-refractivity contribution in [2.45, 2.75) is 37.9 Å². The predicted molar refractivity (Wildman–Crippen MR) is 56.2 cm³/mol. The minimum Gasteiger partial charge on any atom is -0.481 e. The number of carboxylic acid groups (broad SMARTS) is 1. The van der Waals surface area contributed by atoms with Crippen molar-refractivity contribution in [2.24, 2.45) is 0 Å². The maximum Gasteiger partial charge on any atom is 0.308 e. The van der Waals surface area contributed by atoms with Crippen LogP contribution in [0.3, 0.4) is 0 Å². The number of aliphatic carboxylic acids is 1. The Kier molecular flexibility index (Phi) is 8.29. The molecule has 100 valence electrons.